The normalized spacial score (nSPS) is 16.3. The Kier molecular flexibility index (Phi) is 8.02. The Morgan fingerprint density at radius 3 is 2.76 bits per heavy atom. The Morgan fingerprint density at radius 1 is 1.36 bits per heavy atom. The van der Waals surface area contributed by atoms with Gasteiger partial charge in [-0.1, -0.05) is 55.8 Å². The minimum atomic E-state index is -4.81. The number of hydrogen-bond acceptors (Lipinski definition) is 4. The molecule has 0 radical (unpaired) electrons. The summed E-state index contributed by atoms with van der Waals surface area (Å²) in [6.07, 6.45) is -0.615. The van der Waals surface area contributed by atoms with Crippen molar-refractivity contribution in [2.24, 2.45) is 0 Å². The van der Waals surface area contributed by atoms with Crippen LogP contribution in [-0.4, -0.2) is 35.8 Å². The van der Waals surface area contributed by atoms with Gasteiger partial charge in [-0.25, -0.2) is 0 Å². The largest absolute Gasteiger partial charge is 0.433 e. The molecule has 1 aliphatic heterocycles. The van der Waals surface area contributed by atoms with Gasteiger partial charge >= 0.3 is 6.18 Å². The van der Waals surface area contributed by atoms with Gasteiger partial charge in [0.15, 0.2) is 0 Å². The van der Waals surface area contributed by atoms with Crippen LogP contribution in [0.2, 0.25) is 4.34 Å². The van der Waals surface area contributed by atoms with E-state index >= 15 is 0 Å². The van der Waals surface area contributed by atoms with E-state index in [0.717, 1.165) is 23.3 Å². The van der Waals surface area contributed by atoms with Crippen LogP contribution in [0, 0.1) is 5.41 Å². The van der Waals surface area contributed by atoms with Crippen molar-refractivity contribution in [3.8, 4) is 0 Å². The Hall–Kier alpha value is -2.58. The molecule has 2 N–H and O–H groups in total. The summed E-state index contributed by atoms with van der Waals surface area (Å²) >= 11 is 7.62. The third-order valence-electron chi connectivity index (χ3n) is 5.51. The van der Waals surface area contributed by atoms with Crippen molar-refractivity contribution in [3.05, 3.63) is 75.1 Å². The lowest BCUT2D eigenvalue weighted by atomic mass is 9.83. The van der Waals surface area contributed by atoms with Gasteiger partial charge in [-0.2, -0.15) is 13.2 Å². The molecule has 1 atom stereocenters. The first-order valence-electron chi connectivity index (χ1n) is 10.6. The number of amides is 1. The van der Waals surface area contributed by atoms with Gasteiger partial charge in [0.05, 0.1) is 10.9 Å². The van der Waals surface area contributed by atoms with Crippen molar-refractivity contribution < 1.29 is 18.0 Å². The number of benzene rings is 1. The topological polar surface area (TPSA) is 56.2 Å². The van der Waals surface area contributed by atoms with Gasteiger partial charge in [0, 0.05) is 35.7 Å². The van der Waals surface area contributed by atoms with Crippen molar-refractivity contribution in [3.63, 3.8) is 0 Å². The number of fused-ring (bicyclic) bond motifs is 1. The van der Waals surface area contributed by atoms with E-state index in [9.17, 15) is 18.0 Å². The second kappa shape index (κ2) is 10.6. The van der Waals surface area contributed by atoms with Crippen LogP contribution < -0.4 is 5.32 Å². The first-order valence-corrected chi connectivity index (χ1v) is 11.7. The fraction of sp³-hybridized carbons (Fsp3) is 0.333. The zero-order valence-corrected chi connectivity index (χ0v) is 19.7. The monoisotopic (exact) mass is 495 g/mol. The summed E-state index contributed by atoms with van der Waals surface area (Å²) in [6, 6.07) is 8.56. The van der Waals surface area contributed by atoms with Gasteiger partial charge in [0.1, 0.15) is 5.71 Å². The molecule has 0 bridgehead atoms. The molecule has 0 spiro atoms. The highest BCUT2D eigenvalue weighted by atomic mass is 35.5. The molecule has 1 aromatic heterocycles. The first kappa shape index (κ1) is 25.1. The van der Waals surface area contributed by atoms with Crippen LogP contribution in [-0.2, 0) is 11.3 Å². The molecular formula is C24H25ClF3N3OS. The fourth-order valence-corrected chi connectivity index (χ4v) is 5.24. The van der Waals surface area contributed by atoms with Crippen LogP contribution >= 0.6 is 22.9 Å². The third kappa shape index (κ3) is 5.68. The van der Waals surface area contributed by atoms with E-state index in [1.165, 1.54) is 23.6 Å². The standard InChI is InChI=1S/C24H25ClF3N3OS/c1-3-5-10-30-12-18(23(29)24(26,27)28)15-8-6-7-9-16(15)19-13-31(22(32)4-2)14-20-17(19)11-21(25)33-20/h4,6-9,11-12,19,29-30H,2-3,5,10,13-14H2,1H3/b18-12-,29-23?/t19-/m1/s1. The second-order valence-electron chi connectivity index (χ2n) is 7.73. The number of hydrogen-bond donors (Lipinski definition) is 2. The lowest BCUT2D eigenvalue weighted by Crippen LogP contribution is -2.37. The van der Waals surface area contributed by atoms with Crippen molar-refractivity contribution in [1.29, 1.82) is 5.41 Å². The second-order valence-corrected chi connectivity index (χ2v) is 9.50. The Labute approximate surface area is 200 Å². The van der Waals surface area contributed by atoms with E-state index in [0.29, 0.717) is 28.6 Å². The predicted molar refractivity (Wildman–Crippen MR) is 128 cm³/mol. The number of allylic oxidation sites excluding steroid dienone is 1. The van der Waals surface area contributed by atoms with E-state index in [2.05, 4.69) is 11.9 Å². The van der Waals surface area contributed by atoms with Crippen molar-refractivity contribution >= 4 is 40.1 Å². The summed E-state index contributed by atoms with van der Waals surface area (Å²) in [6.45, 7) is 6.69. The minimum absolute atomic E-state index is 0.232. The number of nitrogens with one attached hydrogen (secondary N) is 2. The zero-order chi connectivity index (χ0) is 24.2. The predicted octanol–water partition coefficient (Wildman–Crippen LogP) is 6.37. The lowest BCUT2D eigenvalue weighted by molar-refractivity contribution is -0.127. The minimum Gasteiger partial charge on any atom is -0.390 e. The molecule has 0 unspecified atom stereocenters. The van der Waals surface area contributed by atoms with Crippen LogP contribution in [0.15, 0.2) is 49.2 Å². The average molecular weight is 496 g/mol. The molecule has 0 aliphatic carbocycles. The molecule has 176 valence electrons. The quantitative estimate of drug-likeness (QED) is 0.254. The van der Waals surface area contributed by atoms with Crippen LogP contribution in [0.1, 0.15) is 47.3 Å². The van der Waals surface area contributed by atoms with Crippen LogP contribution in [0.5, 0.6) is 0 Å². The molecule has 2 aromatic rings. The van der Waals surface area contributed by atoms with Gasteiger partial charge in [0.2, 0.25) is 5.91 Å². The third-order valence-corrected chi connectivity index (χ3v) is 6.78. The summed E-state index contributed by atoms with van der Waals surface area (Å²) in [4.78, 5) is 14.9. The van der Waals surface area contributed by atoms with E-state index in [1.807, 2.05) is 13.0 Å². The van der Waals surface area contributed by atoms with Gasteiger partial charge < -0.3 is 10.2 Å². The number of carbonyl (C=O) groups excluding carboxylic acids is 1. The summed E-state index contributed by atoms with van der Waals surface area (Å²) in [5.41, 5.74) is 0.145. The Balaban J connectivity index is 2.12. The fourth-order valence-electron chi connectivity index (χ4n) is 3.88. The average Bonchev–Trinajstić information content (AvgIpc) is 3.17. The molecule has 4 nitrogen and oxygen atoms in total. The van der Waals surface area contributed by atoms with Gasteiger partial charge in [-0.15, -0.1) is 11.3 Å². The number of unbranched alkanes of at least 4 members (excludes halogenated alkanes) is 1. The summed E-state index contributed by atoms with van der Waals surface area (Å²) in [7, 11) is 0. The molecule has 0 fully saturated rings. The number of thiophene rings is 1. The molecule has 1 aliphatic rings. The maximum absolute atomic E-state index is 13.6. The molecule has 3 rings (SSSR count). The maximum atomic E-state index is 13.6. The SMILES string of the molecule is C=CC(=O)N1Cc2sc(Cl)cc2[C@@H](c2ccccc2/C(=C/NCCCC)C(=N)C(F)(F)F)C1. The van der Waals surface area contributed by atoms with Crippen molar-refractivity contribution in [2.45, 2.75) is 38.4 Å². The lowest BCUT2D eigenvalue weighted by Gasteiger charge is -2.33. The zero-order valence-electron chi connectivity index (χ0n) is 18.1. The molecule has 2 heterocycles. The number of nitrogens with zero attached hydrogens (tertiary/aromatic N) is 1. The number of alkyl halides is 3. The summed E-state index contributed by atoms with van der Waals surface area (Å²) in [5.74, 6) is -0.648. The molecule has 1 amide bonds. The highest BCUT2D eigenvalue weighted by molar-refractivity contribution is 7.16. The van der Waals surface area contributed by atoms with E-state index < -0.39 is 17.8 Å². The number of rotatable bonds is 8. The van der Waals surface area contributed by atoms with Gasteiger partial charge in [-0.3, -0.25) is 10.2 Å². The molecule has 33 heavy (non-hydrogen) atoms. The Bertz CT molecular complexity index is 1080. The molecule has 0 saturated heterocycles. The van der Waals surface area contributed by atoms with Crippen LogP contribution in [0.4, 0.5) is 13.2 Å². The summed E-state index contributed by atoms with van der Waals surface area (Å²) < 4.78 is 41.4. The molecule has 9 heteroatoms. The summed E-state index contributed by atoms with van der Waals surface area (Å²) in [5, 5.41) is 10.8. The highest BCUT2D eigenvalue weighted by Gasteiger charge is 2.39. The molecule has 0 saturated carbocycles. The van der Waals surface area contributed by atoms with Crippen LogP contribution in [0.3, 0.4) is 0 Å². The van der Waals surface area contributed by atoms with E-state index in [4.69, 9.17) is 17.0 Å². The Morgan fingerprint density at radius 2 is 2.09 bits per heavy atom. The van der Waals surface area contributed by atoms with E-state index in [-0.39, 0.29) is 18.0 Å². The van der Waals surface area contributed by atoms with Crippen LogP contribution in [0.25, 0.3) is 5.57 Å². The maximum Gasteiger partial charge on any atom is 0.433 e. The van der Waals surface area contributed by atoms with Crippen molar-refractivity contribution in [1.82, 2.24) is 10.2 Å². The number of carbonyl (C=O) groups is 1. The van der Waals surface area contributed by atoms with Gasteiger partial charge in [0.25, 0.3) is 0 Å². The smallest absolute Gasteiger partial charge is 0.390 e. The van der Waals surface area contributed by atoms with Crippen molar-refractivity contribution in [2.75, 3.05) is 13.1 Å². The highest BCUT2D eigenvalue weighted by Crippen LogP contribution is 2.42. The van der Waals surface area contributed by atoms with E-state index in [1.54, 1.807) is 29.2 Å². The first-order chi connectivity index (χ1) is 15.7. The molecular weight excluding hydrogens is 471 g/mol. The number of halogens is 4. The van der Waals surface area contributed by atoms with Gasteiger partial charge in [-0.05, 0) is 35.3 Å². The molecule has 1 aromatic carbocycles.